The maximum absolute atomic E-state index is 11.7. The lowest BCUT2D eigenvalue weighted by molar-refractivity contribution is 0.0269. The summed E-state index contributed by atoms with van der Waals surface area (Å²) >= 11 is 0. The van der Waals surface area contributed by atoms with E-state index in [4.69, 9.17) is 4.74 Å². The third kappa shape index (κ3) is 2.09. The van der Waals surface area contributed by atoms with E-state index < -0.39 is 5.60 Å². The molecule has 1 unspecified atom stereocenters. The van der Waals surface area contributed by atoms with Crippen molar-refractivity contribution in [2.75, 3.05) is 13.1 Å². The smallest absolute Gasteiger partial charge is 0.410 e. The van der Waals surface area contributed by atoms with Crippen LogP contribution in [0.4, 0.5) is 4.79 Å². The van der Waals surface area contributed by atoms with E-state index in [1.54, 1.807) is 4.90 Å². The highest BCUT2D eigenvalue weighted by Crippen LogP contribution is 2.52. The molecule has 4 heteroatoms. The first-order valence-electron chi connectivity index (χ1n) is 5.48. The summed E-state index contributed by atoms with van der Waals surface area (Å²) in [4.78, 5) is 13.3. The van der Waals surface area contributed by atoms with Gasteiger partial charge in [-0.25, -0.2) is 4.79 Å². The highest BCUT2D eigenvalue weighted by molar-refractivity contribution is 5.69. The molecule has 1 saturated heterocycles. The molecule has 2 aliphatic rings. The zero-order valence-corrected chi connectivity index (χ0v) is 9.62. The van der Waals surface area contributed by atoms with Gasteiger partial charge in [0, 0.05) is 12.0 Å². The van der Waals surface area contributed by atoms with Gasteiger partial charge in [-0.2, -0.15) is 0 Å². The zero-order chi connectivity index (χ0) is 11.3. The predicted molar refractivity (Wildman–Crippen MR) is 55.5 cm³/mol. The van der Waals surface area contributed by atoms with Crippen LogP contribution in [0, 0.1) is 5.41 Å². The molecule has 15 heavy (non-hydrogen) atoms. The molecule has 86 valence electrons. The van der Waals surface area contributed by atoms with Crippen LogP contribution in [0.1, 0.15) is 33.6 Å². The molecule has 1 amide bonds. The number of likely N-dealkylation sites (tertiary alicyclic amines) is 1. The van der Waals surface area contributed by atoms with Crippen molar-refractivity contribution in [3.8, 4) is 0 Å². The second kappa shape index (κ2) is 3.11. The van der Waals surface area contributed by atoms with E-state index in [-0.39, 0.29) is 17.6 Å². The molecule has 0 bridgehead atoms. The Morgan fingerprint density at radius 3 is 2.47 bits per heavy atom. The number of ether oxygens (including phenoxy) is 1. The van der Waals surface area contributed by atoms with Gasteiger partial charge >= 0.3 is 6.09 Å². The fraction of sp³-hybridized carbons (Fsp3) is 0.909. The molecule has 1 spiro atoms. The highest BCUT2D eigenvalue weighted by atomic mass is 16.6. The SMILES string of the molecule is CC(C)(C)OC(=O)N1CC(O)C2(CC2)C1. The third-order valence-electron chi connectivity index (χ3n) is 3.15. The molecule has 1 saturated carbocycles. The first-order chi connectivity index (χ1) is 6.82. The monoisotopic (exact) mass is 213 g/mol. The maximum atomic E-state index is 11.7. The number of hydrogen-bond acceptors (Lipinski definition) is 3. The Hall–Kier alpha value is -0.770. The Morgan fingerprint density at radius 2 is 2.07 bits per heavy atom. The number of carbonyl (C=O) groups excluding carboxylic acids is 1. The molecule has 1 atom stereocenters. The summed E-state index contributed by atoms with van der Waals surface area (Å²) in [6.07, 6.45) is 1.41. The molecule has 4 nitrogen and oxygen atoms in total. The minimum absolute atomic E-state index is 0.0108. The lowest BCUT2D eigenvalue weighted by Gasteiger charge is -2.24. The van der Waals surface area contributed by atoms with Crippen molar-refractivity contribution in [2.24, 2.45) is 5.41 Å². The van der Waals surface area contributed by atoms with E-state index in [1.165, 1.54) is 0 Å². The van der Waals surface area contributed by atoms with Gasteiger partial charge in [-0.3, -0.25) is 0 Å². The van der Waals surface area contributed by atoms with Gasteiger partial charge in [-0.15, -0.1) is 0 Å². The Balaban J connectivity index is 1.93. The van der Waals surface area contributed by atoms with Gasteiger partial charge in [0.05, 0.1) is 12.6 Å². The van der Waals surface area contributed by atoms with Crippen molar-refractivity contribution in [2.45, 2.75) is 45.3 Å². The van der Waals surface area contributed by atoms with Gasteiger partial charge < -0.3 is 14.7 Å². The summed E-state index contributed by atoms with van der Waals surface area (Å²) in [5.41, 5.74) is -0.446. The first kappa shape index (κ1) is 10.7. The quantitative estimate of drug-likeness (QED) is 0.661. The zero-order valence-electron chi connectivity index (χ0n) is 9.62. The Bertz CT molecular complexity index is 278. The van der Waals surface area contributed by atoms with Crippen molar-refractivity contribution in [1.29, 1.82) is 0 Å². The van der Waals surface area contributed by atoms with Crippen LogP contribution in [-0.4, -0.2) is 40.9 Å². The van der Waals surface area contributed by atoms with Crippen LogP contribution in [0.5, 0.6) is 0 Å². The van der Waals surface area contributed by atoms with E-state index in [0.717, 1.165) is 12.8 Å². The molecule has 0 radical (unpaired) electrons. The van der Waals surface area contributed by atoms with Crippen LogP contribution < -0.4 is 0 Å². The van der Waals surface area contributed by atoms with Crippen molar-refractivity contribution >= 4 is 6.09 Å². The second-order valence-electron chi connectivity index (χ2n) is 5.74. The van der Waals surface area contributed by atoms with Crippen LogP contribution in [0.3, 0.4) is 0 Å². The van der Waals surface area contributed by atoms with Crippen molar-refractivity contribution in [1.82, 2.24) is 4.90 Å². The molecular weight excluding hydrogens is 194 g/mol. The normalized spacial score (nSPS) is 28.3. The highest BCUT2D eigenvalue weighted by Gasteiger charge is 2.56. The Morgan fingerprint density at radius 1 is 1.47 bits per heavy atom. The van der Waals surface area contributed by atoms with Crippen LogP contribution >= 0.6 is 0 Å². The number of rotatable bonds is 0. The summed E-state index contributed by atoms with van der Waals surface area (Å²) in [6.45, 7) is 6.64. The molecule has 1 aliphatic heterocycles. The van der Waals surface area contributed by atoms with E-state index in [1.807, 2.05) is 20.8 Å². The molecule has 0 aromatic carbocycles. The summed E-state index contributed by atoms with van der Waals surface area (Å²) in [5, 5.41) is 9.79. The third-order valence-corrected chi connectivity index (χ3v) is 3.15. The molecular formula is C11H19NO3. The Kier molecular flexibility index (Phi) is 2.23. The van der Waals surface area contributed by atoms with Crippen molar-refractivity contribution in [3.63, 3.8) is 0 Å². The first-order valence-corrected chi connectivity index (χ1v) is 5.48. The average molecular weight is 213 g/mol. The van der Waals surface area contributed by atoms with Crippen molar-refractivity contribution < 1.29 is 14.6 Å². The van der Waals surface area contributed by atoms with Gasteiger partial charge in [0.15, 0.2) is 0 Å². The largest absolute Gasteiger partial charge is 0.444 e. The second-order valence-corrected chi connectivity index (χ2v) is 5.74. The molecule has 1 N–H and O–H groups in total. The number of hydrogen-bond donors (Lipinski definition) is 1. The molecule has 1 heterocycles. The summed E-state index contributed by atoms with van der Waals surface area (Å²) < 4.78 is 5.27. The van der Waals surface area contributed by atoms with Crippen LogP contribution in [0.15, 0.2) is 0 Å². The number of aliphatic hydroxyl groups is 1. The standard InChI is InChI=1S/C11H19NO3/c1-10(2,3)15-9(14)12-6-8(13)11(7-12)4-5-11/h8,13H,4-7H2,1-3H3. The number of nitrogens with zero attached hydrogens (tertiary/aromatic N) is 1. The molecule has 0 aromatic heterocycles. The summed E-state index contributed by atoms with van der Waals surface area (Å²) in [7, 11) is 0. The van der Waals surface area contributed by atoms with Crippen LogP contribution in [-0.2, 0) is 4.74 Å². The molecule has 0 aromatic rings. The Labute approximate surface area is 90.2 Å². The fourth-order valence-corrected chi connectivity index (χ4v) is 2.07. The number of carbonyl (C=O) groups is 1. The maximum Gasteiger partial charge on any atom is 0.410 e. The number of aliphatic hydroxyl groups excluding tert-OH is 1. The lowest BCUT2D eigenvalue weighted by atomic mass is 10.0. The van der Waals surface area contributed by atoms with Gasteiger partial charge in [-0.1, -0.05) is 0 Å². The topological polar surface area (TPSA) is 49.8 Å². The number of β-amino-alcohol motifs (C(OH)–C–C–N with tert-alkyl or cyclic N) is 1. The van der Waals surface area contributed by atoms with Gasteiger partial charge in [0.1, 0.15) is 5.60 Å². The van der Waals surface area contributed by atoms with Crippen LogP contribution in [0.2, 0.25) is 0 Å². The van der Waals surface area contributed by atoms with Gasteiger partial charge in [0.2, 0.25) is 0 Å². The predicted octanol–water partition coefficient (Wildman–Crippen LogP) is 1.38. The molecule has 2 rings (SSSR count). The lowest BCUT2D eigenvalue weighted by Crippen LogP contribution is -2.35. The molecule has 2 fully saturated rings. The van der Waals surface area contributed by atoms with Crippen molar-refractivity contribution in [3.05, 3.63) is 0 Å². The fourth-order valence-electron chi connectivity index (χ4n) is 2.07. The van der Waals surface area contributed by atoms with E-state index in [0.29, 0.717) is 13.1 Å². The minimum Gasteiger partial charge on any atom is -0.444 e. The average Bonchev–Trinajstić information content (AvgIpc) is 2.73. The number of amides is 1. The van der Waals surface area contributed by atoms with Gasteiger partial charge in [-0.05, 0) is 33.6 Å². The van der Waals surface area contributed by atoms with Crippen LogP contribution in [0.25, 0.3) is 0 Å². The van der Waals surface area contributed by atoms with Gasteiger partial charge in [0.25, 0.3) is 0 Å². The summed E-state index contributed by atoms with van der Waals surface area (Å²) in [6, 6.07) is 0. The summed E-state index contributed by atoms with van der Waals surface area (Å²) in [5.74, 6) is 0. The van der Waals surface area contributed by atoms with E-state index in [2.05, 4.69) is 0 Å². The van der Waals surface area contributed by atoms with E-state index in [9.17, 15) is 9.90 Å². The molecule has 1 aliphatic carbocycles. The minimum atomic E-state index is -0.457. The van der Waals surface area contributed by atoms with E-state index >= 15 is 0 Å².